The number of carbonyl (C=O) groups excluding carboxylic acids is 1. The van der Waals surface area contributed by atoms with E-state index in [1.807, 2.05) is 20.8 Å². The summed E-state index contributed by atoms with van der Waals surface area (Å²) in [6.45, 7) is 7.60. The number of unbranched alkanes of at least 4 members (excludes halogenated alkanes) is 3. The van der Waals surface area contributed by atoms with E-state index >= 15 is 0 Å². The largest absolute Gasteiger partial charge is 0.443 e. The topological polar surface area (TPSA) is 50.7 Å². The molecule has 0 aromatic carbocycles. The molecule has 0 aromatic heterocycles. The Morgan fingerprint density at radius 2 is 2.07 bits per heavy atom. The fourth-order valence-electron chi connectivity index (χ4n) is 0.949. The minimum absolute atomic E-state index is 0.470. The monoisotopic (exact) mass is 214 g/mol. The molecule has 0 unspecified atom stereocenters. The smallest absolute Gasteiger partial charge is 0.428 e. The number of carbonyl (C=O) groups is 1. The van der Waals surface area contributed by atoms with Crippen LogP contribution in [0.15, 0.2) is 5.10 Å². The molecule has 4 nitrogen and oxygen atoms in total. The van der Waals surface area contributed by atoms with Gasteiger partial charge in [-0.15, -0.1) is 0 Å². The van der Waals surface area contributed by atoms with Gasteiger partial charge in [0.2, 0.25) is 0 Å². The van der Waals surface area contributed by atoms with Crippen molar-refractivity contribution in [3.8, 4) is 0 Å². The average molecular weight is 214 g/mol. The van der Waals surface area contributed by atoms with Crippen molar-refractivity contribution < 1.29 is 9.53 Å². The van der Waals surface area contributed by atoms with Gasteiger partial charge in [0.1, 0.15) is 5.60 Å². The molecule has 0 fully saturated rings. The van der Waals surface area contributed by atoms with E-state index in [-0.39, 0.29) is 0 Å². The summed E-state index contributed by atoms with van der Waals surface area (Å²) in [6, 6.07) is 0. The van der Waals surface area contributed by atoms with Crippen LogP contribution in [0.5, 0.6) is 0 Å². The summed E-state index contributed by atoms with van der Waals surface area (Å²) in [5.41, 5.74) is 1.85. The number of nitrogens with zero attached hydrogens (tertiary/aromatic N) is 1. The third-order valence-corrected chi connectivity index (χ3v) is 1.58. The van der Waals surface area contributed by atoms with Gasteiger partial charge in [-0.05, 0) is 33.6 Å². The maximum absolute atomic E-state index is 11.1. The van der Waals surface area contributed by atoms with Crippen molar-refractivity contribution in [1.29, 1.82) is 0 Å². The van der Waals surface area contributed by atoms with E-state index in [1.54, 1.807) is 6.21 Å². The molecule has 0 heterocycles. The molecule has 0 atom stereocenters. The third kappa shape index (κ3) is 10.9. The van der Waals surface area contributed by atoms with Gasteiger partial charge in [-0.1, -0.05) is 19.8 Å². The molecule has 0 rings (SSSR count). The van der Waals surface area contributed by atoms with Crippen LogP contribution in [0.25, 0.3) is 0 Å². The van der Waals surface area contributed by atoms with E-state index in [0.717, 1.165) is 12.8 Å². The van der Waals surface area contributed by atoms with Gasteiger partial charge in [0, 0.05) is 6.21 Å². The number of nitrogens with one attached hydrogen (secondary N) is 1. The van der Waals surface area contributed by atoms with E-state index in [2.05, 4.69) is 17.5 Å². The molecule has 0 radical (unpaired) electrons. The molecule has 4 heteroatoms. The Labute approximate surface area is 92.1 Å². The summed E-state index contributed by atoms with van der Waals surface area (Å²) in [6.07, 6.45) is 5.58. The van der Waals surface area contributed by atoms with Crippen LogP contribution >= 0.6 is 0 Å². The van der Waals surface area contributed by atoms with E-state index in [4.69, 9.17) is 4.74 Å². The molecule has 0 aliphatic carbocycles. The molecular weight excluding hydrogens is 192 g/mol. The lowest BCUT2D eigenvalue weighted by Crippen LogP contribution is -2.29. The van der Waals surface area contributed by atoms with Gasteiger partial charge in [-0.2, -0.15) is 5.10 Å². The molecule has 0 aliphatic heterocycles. The Kier molecular flexibility index (Phi) is 6.75. The second-order valence-corrected chi connectivity index (χ2v) is 4.42. The van der Waals surface area contributed by atoms with Crippen LogP contribution in [0.4, 0.5) is 4.79 Å². The summed E-state index contributed by atoms with van der Waals surface area (Å²) < 4.78 is 5.00. The van der Waals surface area contributed by atoms with Gasteiger partial charge in [0.25, 0.3) is 0 Å². The molecule has 0 saturated heterocycles. The first kappa shape index (κ1) is 13.9. The van der Waals surface area contributed by atoms with Crippen molar-refractivity contribution in [2.24, 2.45) is 5.10 Å². The molecule has 1 N–H and O–H groups in total. The van der Waals surface area contributed by atoms with E-state index in [1.165, 1.54) is 12.8 Å². The van der Waals surface area contributed by atoms with Crippen LogP contribution in [0.1, 0.15) is 53.4 Å². The number of hydrogen-bond acceptors (Lipinski definition) is 3. The van der Waals surface area contributed by atoms with Gasteiger partial charge >= 0.3 is 6.09 Å². The Morgan fingerprint density at radius 3 is 2.60 bits per heavy atom. The van der Waals surface area contributed by atoms with Crippen molar-refractivity contribution in [2.75, 3.05) is 0 Å². The Balaban J connectivity index is 3.54. The summed E-state index contributed by atoms with van der Waals surface area (Å²) in [5, 5.41) is 3.78. The number of amides is 1. The van der Waals surface area contributed by atoms with Crippen LogP contribution in [0.3, 0.4) is 0 Å². The van der Waals surface area contributed by atoms with Crippen molar-refractivity contribution in [3.05, 3.63) is 0 Å². The van der Waals surface area contributed by atoms with Crippen molar-refractivity contribution in [2.45, 2.75) is 59.0 Å². The molecule has 88 valence electrons. The van der Waals surface area contributed by atoms with Gasteiger partial charge in [-0.3, -0.25) is 0 Å². The second-order valence-electron chi connectivity index (χ2n) is 4.42. The molecule has 1 amide bonds. The van der Waals surface area contributed by atoms with Crippen LogP contribution in [-0.4, -0.2) is 17.9 Å². The normalized spacial score (nSPS) is 11.7. The fourth-order valence-corrected chi connectivity index (χ4v) is 0.949. The number of hydrogen-bond donors (Lipinski definition) is 1. The zero-order valence-electron chi connectivity index (χ0n) is 10.2. The number of hydrazone groups is 1. The first-order valence-corrected chi connectivity index (χ1v) is 5.46. The quantitative estimate of drug-likeness (QED) is 0.434. The Bertz CT molecular complexity index is 207. The van der Waals surface area contributed by atoms with Crippen LogP contribution < -0.4 is 5.43 Å². The summed E-state index contributed by atoms with van der Waals surface area (Å²) in [4.78, 5) is 11.1. The van der Waals surface area contributed by atoms with E-state index in [9.17, 15) is 4.79 Å². The van der Waals surface area contributed by atoms with Gasteiger partial charge in [-0.25, -0.2) is 10.2 Å². The molecule has 0 bridgehead atoms. The molecule has 0 aromatic rings. The highest BCUT2D eigenvalue weighted by molar-refractivity contribution is 5.69. The maximum Gasteiger partial charge on any atom is 0.428 e. The molecule has 0 spiro atoms. The molecular formula is C11H22N2O2. The fraction of sp³-hybridized carbons (Fsp3) is 0.818. The predicted octanol–water partition coefficient (Wildman–Crippen LogP) is 3.08. The lowest BCUT2D eigenvalue weighted by atomic mass is 10.2. The minimum atomic E-state index is -0.505. The number of ether oxygens (including phenoxy) is 1. The second kappa shape index (κ2) is 7.26. The van der Waals surface area contributed by atoms with Crippen LogP contribution in [0, 0.1) is 0 Å². The van der Waals surface area contributed by atoms with E-state index in [0.29, 0.717) is 0 Å². The number of rotatable bonds is 5. The Morgan fingerprint density at radius 1 is 1.40 bits per heavy atom. The average Bonchev–Trinajstić information content (AvgIpc) is 2.08. The summed E-state index contributed by atoms with van der Waals surface area (Å²) >= 11 is 0. The SMILES string of the molecule is CCCCCC=NNC(=O)OC(C)(C)C. The van der Waals surface area contributed by atoms with Crippen molar-refractivity contribution >= 4 is 12.3 Å². The predicted molar refractivity (Wildman–Crippen MR) is 62.0 cm³/mol. The first-order valence-electron chi connectivity index (χ1n) is 5.46. The molecule has 0 saturated carbocycles. The van der Waals surface area contributed by atoms with Gasteiger partial charge in [0.15, 0.2) is 0 Å². The summed E-state index contributed by atoms with van der Waals surface area (Å²) in [5.74, 6) is 0. The van der Waals surface area contributed by atoms with Crippen LogP contribution in [0.2, 0.25) is 0 Å². The molecule has 0 aliphatic rings. The highest BCUT2D eigenvalue weighted by atomic mass is 16.6. The maximum atomic E-state index is 11.1. The van der Waals surface area contributed by atoms with Crippen molar-refractivity contribution in [1.82, 2.24) is 5.43 Å². The first-order chi connectivity index (χ1) is 6.95. The lowest BCUT2D eigenvalue weighted by Gasteiger charge is -2.18. The third-order valence-electron chi connectivity index (χ3n) is 1.58. The minimum Gasteiger partial charge on any atom is -0.443 e. The van der Waals surface area contributed by atoms with E-state index < -0.39 is 11.7 Å². The molecule has 15 heavy (non-hydrogen) atoms. The summed E-state index contributed by atoms with van der Waals surface area (Å²) in [7, 11) is 0. The highest BCUT2D eigenvalue weighted by Crippen LogP contribution is 2.06. The Hall–Kier alpha value is -1.06. The van der Waals surface area contributed by atoms with Crippen LogP contribution in [-0.2, 0) is 4.74 Å². The van der Waals surface area contributed by atoms with Gasteiger partial charge in [0.05, 0.1) is 0 Å². The van der Waals surface area contributed by atoms with Gasteiger partial charge < -0.3 is 4.74 Å². The zero-order valence-corrected chi connectivity index (χ0v) is 10.2. The zero-order chi connectivity index (χ0) is 11.7. The lowest BCUT2D eigenvalue weighted by molar-refractivity contribution is 0.0529. The highest BCUT2D eigenvalue weighted by Gasteiger charge is 2.15. The standard InChI is InChI=1S/C11H22N2O2/c1-5-6-7-8-9-12-13-10(14)15-11(2,3)4/h9H,5-8H2,1-4H3,(H,13,14). The van der Waals surface area contributed by atoms with Crippen molar-refractivity contribution in [3.63, 3.8) is 0 Å².